The second kappa shape index (κ2) is 5.28. The van der Waals surface area contributed by atoms with Crippen LogP contribution in [0.25, 0.3) is 11.0 Å². The molecule has 1 N–H and O–H groups in total. The molecule has 2 aromatic heterocycles. The molecule has 3 nitrogen and oxygen atoms in total. The summed E-state index contributed by atoms with van der Waals surface area (Å²) in [6.07, 6.45) is 3.49. The van der Waals surface area contributed by atoms with E-state index in [0.29, 0.717) is 5.02 Å². The van der Waals surface area contributed by atoms with E-state index in [0.717, 1.165) is 27.9 Å². The van der Waals surface area contributed by atoms with Crippen LogP contribution in [-0.4, -0.2) is 17.1 Å². The van der Waals surface area contributed by atoms with Gasteiger partial charge in [0.25, 0.3) is 0 Å². The molecule has 3 rings (SSSR count). The van der Waals surface area contributed by atoms with E-state index in [4.69, 9.17) is 16.3 Å². The number of hydrogen-bond donors (Lipinski definition) is 1. The van der Waals surface area contributed by atoms with Gasteiger partial charge in [-0.1, -0.05) is 23.4 Å². The molecule has 3 aromatic rings. The second-order valence-electron chi connectivity index (χ2n) is 4.20. The second-order valence-corrected chi connectivity index (χ2v) is 4.58. The SMILES string of the molecule is COc1ccc(C#Cc2cnc3[nH]ccc3c2Cl)cc1. The topological polar surface area (TPSA) is 37.9 Å². The summed E-state index contributed by atoms with van der Waals surface area (Å²) in [5, 5.41) is 1.51. The molecular formula is C16H11ClN2O. The normalized spacial score (nSPS) is 10.1. The van der Waals surface area contributed by atoms with Crippen molar-refractivity contribution in [2.24, 2.45) is 0 Å². The van der Waals surface area contributed by atoms with Crippen molar-refractivity contribution in [3.63, 3.8) is 0 Å². The third-order valence-corrected chi connectivity index (χ3v) is 3.36. The van der Waals surface area contributed by atoms with Crippen LogP contribution in [0.3, 0.4) is 0 Å². The van der Waals surface area contributed by atoms with Crippen molar-refractivity contribution in [1.29, 1.82) is 0 Å². The van der Waals surface area contributed by atoms with Gasteiger partial charge in [0, 0.05) is 23.3 Å². The molecule has 0 radical (unpaired) electrons. The minimum Gasteiger partial charge on any atom is -0.497 e. The number of aromatic nitrogens is 2. The predicted octanol–water partition coefficient (Wildman–Crippen LogP) is 3.62. The lowest BCUT2D eigenvalue weighted by atomic mass is 10.2. The Kier molecular flexibility index (Phi) is 3.32. The Balaban J connectivity index is 1.96. The van der Waals surface area contributed by atoms with E-state index in [2.05, 4.69) is 21.8 Å². The summed E-state index contributed by atoms with van der Waals surface area (Å²) in [5.41, 5.74) is 2.38. The smallest absolute Gasteiger partial charge is 0.138 e. The maximum atomic E-state index is 6.31. The Labute approximate surface area is 121 Å². The van der Waals surface area contributed by atoms with Crippen LogP contribution in [0.1, 0.15) is 11.1 Å². The average molecular weight is 283 g/mol. The monoisotopic (exact) mass is 282 g/mol. The van der Waals surface area contributed by atoms with Crippen LogP contribution >= 0.6 is 11.6 Å². The van der Waals surface area contributed by atoms with E-state index in [1.54, 1.807) is 13.3 Å². The maximum absolute atomic E-state index is 6.31. The van der Waals surface area contributed by atoms with Crippen LogP contribution in [-0.2, 0) is 0 Å². The van der Waals surface area contributed by atoms with Crippen LogP contribution in [0.2, 0.25) is 5.02 Å². The molecule has 0 aliphatic rings. The van der Waals surface area contributed by atoms with Crippen molar-refractivity contribution in [1.82, 2.24) is 9.97 Å². The van der Waals surface area contributed by atoms with Crippen LogP contribution in [0.5, 0.6) is 5.75 Å². The molecule has 0 amide bonds. The van der Waals surface area contributed by atoms with Crippen molar-refractivity contribution < 1.29 is 4.74 Å². The summed E-state index contributed by atoms with van der Waals surface area (Å²) >= 11 is 6.31. The van der Waals surface area contributed by atoms with Gasteiger partial charge in [0.05, 0.1) is 17.7 Å². The van der Waals surface area contributed by atoms with Gasteiger partial charge in [0.15, 0.2) is 0 Å². The summed E-state index contributed by atoms with van der Waals surface area (Å²) in [7, 11) is 1.64. The van der Waals surface area contributed by atoms with E-state index >= 15 is 0 Å². The fourth-order valence-electron chi connectivity index (χ4n) is 1.88. The molecule has 4 heteroatoms. The highest BCUT2D eigenvalue weighted by atomic mass is 35.5. The Hall–Kier alpha value is -2.44. The number of rotatable bonds is 1. The zero-order valence-electron chi connectivity index (χ0n) is 10.8. The van der Waals surface area contributed by atoms with Gasteiger partial charge in [-0.25, -0.2) is 4.98 Å². The van der Waals surface area contributed by atoms with E-state index in [1.165, 1.54) is 0 Å². The molecule has 0 spiro atoms. The number of nitrogens with zero attached hydrogens (tertiary/aromatic N) is 1. The van der Waals surface area contributed by atoms with Gasteiger partial charge >= 0.3 is 0 Å². The molecule has 20 heavy (non-hydrogen) atoms. The van der Waals surface area contributed by atoms with Gasteiger partial charge in [-0.3, -0.25) is 0 Å². The standard InChI is InChI=1S/C16H11ClN2O/c1-20-13-6-3-11(4-7-13)2-5-12-10-19-16-14(15(12)17)8-9-18-16/h3-4,6-10H,1H3,(H,18,19). The number of ether oxygens (including phenoxy) is 1. The number of H-pyrrole nitrogens is 1. The summed E-state index contributed by atoms with van der Waals surface area (Å²) in [4.78, 5) is 7.30. The number of halogens is 1. The van der Waals surface area contributed by atoms with Gasteiger partial charge in [-0.05, 0) is 30.3 Å². The van der Waals surface area contributed by atoms with Gasteiger partial charge in [-0.2, -0.15) is 0 Å². The van der Waals surface area contributed by atoms with Crippen LogP contribution < -0.4 is 4.74 Å². The largest absolute Gasteiger partial charge is 0.497 e. The van der Waals surface area contributed by atoms with Crippen molar-refractivity contribution in [2.75, 3.05) is 7.11 Å². The molecule has 1 aromatic carbocycles. The third kappa shape index (κ3) is 2.34. The van der Waals surface area contributed by atoms with Crippen LogP contribution in [0.4, 0.5) is 0 Å². The van der Waals surface area contributed by atoms with Crippen LogP contribution in [0, 0.1) is 11.8 Å². The molecule has 0 unspecified atom stereocenters. The van der Waals surface area contributed by atoms with E-state index in [9.17, 15) is 0 Å². The first-order valence-corrected chi connectivity index (χ1v) is 6.43. The summed E-state index contributed by atoms with van der Waals surface area (Å²) < 4.78 is 5.11. The number of aromatic amines is 1. The Morgan fingerprint density at radius 1 is 1.15 bits per heavy atom. The van der Waals surface area contributed by atoms with E-state index in [-0.39, 0.29) is 0 Å². The zero-order chi connectivity index (χ0) is 13.9. The molecule has 0 saturated heterocycles. The van der Waals surface area contributed by atoms with Crippen molar-refractivity contribution in [3.8, 4) is 17.6 Å². The number of nitrogens with one attached hydrogen (secondary N) is 1. The number of pyridine rings is 1. The number of hydrogen-bond acceptors (Lipinski definition) is 2. The highest BCUT2D eigenvalue weighted by Gasteiger charge is 2.05. The summed E-state index contributed by atoms with van der Waals surface area (Å²) in [6.45, 7) is 0. The Bertz CT molecular complexity index is 810. The highest BCUT2D eigenvalue weighted by molar-refractivity contribution is 6.36. The molecule has 2 heterocycles. The lowest BCUT2D eigenvalue weighted by Crippen LogP contribution is -1.84. The fraction of sp³-hybridized carbons (Fsp3) is 0.0625. The lowest BCUT2D eigenvalue weighted by molar-refractivity contribution is 0.415. The molecule has 0 aliphatic heterocycles. The number of fused-ring (bicyclic) bond motifs is 1. The predicted molar refractivity (Wildman–Crippen MR) is 80.1 cm³/mol. The molecule has 0 bridgehead atoms. The third-order valence-electron chi connectivity index (χ3n) is 2.95. The molecule has 0 saturated carbocycles. The minimum atomic E-state index is 0.622. The van der Waals surface area contributed by atoms with Gasteiger partial charge in [-0.15, -0.1) is 0 Å². The van der Waals surface area contributed by atoms with Crippen molar-refractivity contribution in [2.45, 2.75) is 0 Å². The highest BCUT2D eigenvalue weighted by Crippen LogP contribution is 2.24. The molecule has 0 atom stereocenters. The van der Waals surface area contributed by atoms with E-state index in [1.807, 2.05) is 36.5 Å². The van der Waals surface area contributed by atoms with Crippen molar-refractivity contribution in [3.05, 3.63) is 58.9 Å². The molecule has 0 fully saturated rings. The Morgan fingerprint density at radius 2 is 1.95 bits per heavy atom. The van der Waals surface area contributed by atoms with Gasteiger partial charge in [0.2, 0.25) is 0 Å². The first-order chi connectivity index (χ1) is 9.78. The number of benzene rings is 1. The quantitative estimate of drug-likeness (QED) is 0.692. The van der Waals surface area contributed by atoms with Crippen molar-refractivity contribution >= 4 is 22.6 Å². The number of methoxy groups -OCH3 is 1. The lowest BCUT2D eigenvalue weighted by Gasteiger charge is -1.98. The summed E-state index contributed by atoms with van der Waals surface area (Å²) in [6, 6.07) is 9.45. The first-order valence-electron chi connectivity index (χ1n) is 6.05. The summed E-state index contributed by atoms with van der Waals surface area (Å²) in [5.74, 6) is 6.93. The Morgan fingerprint density at radius 3 is 2.70 bits per heavy atom. The molecular weight excluding hydrogens is 272 g/mol. The van der Waals surface area contributed by atoms with Crippen LogP contribution in [0.15, 0.2) is 42.7 Å². The average Bonchev–Trinajstić information content (AvgIpc) is 2.96. The van der Waals surface area contributed by atoms with Gasteiger partial charge in [0.1, 0.15) is 11.4 Å². The molecule has 0 aliphatic carbocycles. The molecule has 98 valence electrons. The zero-order valence-corrected chi connectivity index (χ0v) is 11.5. The van der Waals surface area contributed by atoms with E-state index < -0.39 is 0 Å². The first kappa shape index (κ1) is 12.6. The fourth-order valence-corrected chi connectivity index (χ4v) is 2.12. The van der Waals surface area contributed by atoms with Gasteiger partial charge < -0.3 is 9.72 Å². The minimum absolute atomic E-state index is 0.622. The maximum Gasteiger partial charge on any atom is 0.138 e.